The Morgan fingerprint density at radius 3 is 2.71 bits per heavy atom. The molecule has 0 amide bonds. The van der Waals surface area contributed by atoms with Crippen molar-refractivity contribution in [3.8, 4) is 0 Å². The van der Waals surface area contributed by atoms with E-state index in [1.165, 1.54) is 11.3 Å². The Morgan fingerprint density at radius 1 is 1.86 bits per heavy atom. The van der Waals surface area contributed by atoms with E-state index in [0.717, 1.165) is 3.95 Å². The molecule has 0 bridgehead atoms. The normalized spacial score (nSPS) is 7.43. The van der Waals surface area contributed by atoms with Gasteiger partial charge in [-0.15, -0.1) is 11.3 Å². The Hall–Kier alpha value is 1.49. The molecular weight excluding hydrogens is 153 g/mol. The largest absolute Gasteiger partial charge is 1.00 e. The molecule has 0 aliphatic carbocycles. The minimum atomic E-state index is 0. The number of aromatic amines is 1. The molecule has 4 heteroatoms. The van der Waals surface area contributed by atoms with Gasteiger partial charge in [0.1, 0.15) is 0 Å². The number of H-pyrrole nitrogens is 1. The van der Waals surface area contributed by atoms with Gasteiger partial charge >= 0.3 is 51.4 Å². The Kier molecular flexibility index (Phi) is 5.30. The quantitative estimate of drug-likeness (QED) is 0.374. The van der Waals surface area contributed by atoms with Crippen LogP contribution in [0.4, 0.5) is 0 Å². The van der Waals surface area contributed by atoms with Crippen molar-refractivity contribution in [2.45, 2.75) is 0 Å². The molecule has 1 nitrogen and oxygen atoms in total. The first-order valence-electron chi connectivity index (χ1n) is 1.52. The number of hydrogen-bond acceptors (Lipinski definition) is 2. The minimum Gasteiger partial charge on any atom is -1.00 e. The van der Waals surface area contributed by atoms with E-state index in [1.807, 2.05) is 11.6 Å². The zero-order valence-corrected chi connectivity index (χ0v) is 8.73. The fraction of sp³-hybridized carbons (Fsp3) is 0. The number of hydrogen-bond donors (Lipinski definition) is 1. The third kappa shape index (κ3) is 3.13. The van der Waals surface area contributed by atoms with Gasteiger partial charge in [-0.1, -0.05) is 0 Å². The van der Waals surface area contributed by atoms with E-state index in [2.05, 4.69) is 4.98 Å². The van der Waals surface area contributed by atoms with Gasteiger partial charge in [0.2, 0.25) is 0 Å². The summed E-state index contributed by atoms with van der Waals surface area (Å²) in [7, 11) is 0. The predicted molar refractivity (Wildman–Crippen MR) is 30.6 cm³/mol. The van der Waals surface area contributed by atoms with Gasteiger partial charge in [0, 0.05) is 11.6 Å². The molecule has 1 N–H and O–H groups in total. The molecule has 0 saturated heterocycles. The van der Waals surface area contributed by atoms with Crippen LogP contribution in [0.15, 0.2) is 11.6 Å². The van der Waals surface area contributed by atoms with Crippen molar-refractivity contribution < 1.29 is 52.8 Å². The van der Waals surface area contributed by atoms with E-state index in [9.17, 15) is 0 Å². The average molecular weight is 157 g/mol. The van der Waals surface area contributed by atoms with Crippen LogP contribution in [0.25, 0.3) is 0 Å². The van der Waals surface area contributed by atoms with Crippen LogP contribution in [0.3, 0.4) is 0 Å². The van der Waals surface area contributed by atoms with Crippen molar-refractivity contribution in [2.75, 3.05) is 0 Å². The first kappa shape index (κ1) is 8.49. The van der Waals surface area contributed by atoms with Crippen molar-refractivity contribution in [3.05, 3.63) is 15.5 Å². The monoisotopic (exact) mass is 157 g/mol. The molecule has 0 aliphatic heterocycles. The van der Waals surface area contributed by atoms with E-state index in [-0.39, 0.29) is 52.8 Å². The number of rotatable bonds is 0. The molecule has 0 fully saturated rings. The number of nitrogens with one attached hydrogen (secondary N) is 1. The summed E-state index contributed by atoms with van der Waals surface area (Å²) in [5, 5.41) is 1.92. The molecule has 0 spiro atoms. The molecule has 1 heterocycles. The van der Waals surface area contributed by atoms with Crippen LogP contribution in [-0.4, -0.2) is 4.98 Å². The molecule has 0 aliphatic rings. The van der Waals surface area contributed by atoms with Gasteiger partial charge in [-0.3, -0.25) is 0 Å². The van der Waals surface area contributed by atoms with Crippen molar-refractivity contribution in [2.24, 2.45) is 0 Å². The molecule has 1 rings (SSSR count). The maximum atomic E-state index is 4.71. The second-order valence-electron chi connectivity index (χ2n) is 0.852. The Morgan fingerprint density at radius 2 is 2.57 bits per heavy atom. The predicted octanol–water partition coefficient (Wildman–Crippen LogP) is -1.08. The summed E-state index contributed by atoms with van der Waals surface area (Å²) in [4.78, 5) is 2.83. The molecule has 1 aromatic rings. The molecule has 0 radical (unpaired) electrons. The third-order valence-corrected chi connectivity index (χ3v) is 1.45. The Labute approximate surface area is 95.1 Å². The standard InChI is InChI=1S/C3H3NS2.K.H/c5-3-4-1-2-6-3;;/h1-2H,(H,4,5);;/q;+1;-1. The summed E-state index contributed by atoms with van der Waals surface area (Å²) >= 11 is 6.25. The zero-order valence-electron chi connectivity index (χ0n) is 4.97. The first-order chi connectivity index (χ1) is 2.89. The van der Waals surface area contributed by atoms with E-state index in [4.69, 9.17) is 12.2 Å². The van der Waals surface area contributed by atoms with Gasteiger partial charge in [-0.25, -0.2) is 0 Å². The van der Waals surface area contributed by atoms with Crippen molar-refractivity contribution >= 4 is 23.6 Å². The van der Waals surface area contributed by atoms with E-state index >= 15 is 0 Å². The van der Waals surface area contributed by atoms with Crippen molar-refractivity contribution in [1.82, 2.24) is 4.98 Å². The summed E-state index contributed by atoms with van der Waals surface area (Å²) in [6.45, 7) is 0. The Bertz CT molecular complexity index is 155. The summed E-state index contributed by atoms with van der Waals surface area (Å²) in [5.74, 6) is 0. The first-order valence-corrected chi connectivity index (χ1v) is 2.80. The van der Waals surface area contributed by atoms with Gasteiger partial charge in [0.05, 0.1) is 0 Å². The van der Waals surface area contributed by atoms with Gasteiger partial charge in [0.15, 0.2) is 3.95 Å². The molecule has 0 aromatic carbocycles. The Balaban J connectivity index is 0. The SMILES string of the molecule is S=c1[nH]ccs1.[H-].[K+]. The number of thiazole rings is 1. The smallest absolute Gasteiger partial charge is 1.00 e. The van der Waals surface area contributed by atoms with Crippen LogP contribution in [0.5, 0.6) is 0 Å². The topological polar surface area (TPSA) is 15.8 Å². The van der Waals surface area contributed by atoms with Crippen molar-refractivity contribution in [1.29, 1.82) is 0 Å². The molecule has 0 unspecified atom stereocenters. The van der Waals surface area contributed by atoms with Gasteiger partial charge in [-0.05, 0) is 12.2 Å². The zero-order chi connectivity index (χ0) is 4.41. The summed E-state index contributed by atoms with van der Waals surface area (Å²) in [6.07, 6.45) is 1.83. The second-order valence-corrected chi connectivity index (χ2v) is 2.44. The van der Waals surface area contributed by atoms with E-state index in [1.54, 1.807) is 0 Å². The van der Waals surface area contributed by atoms with Crippen LogP contribution < -0.4 is 51.4 Å². The van der Waals surface area contributed by atoms with Gasteiger partial charge in [-0.2, -0.15) is 0 Å². The van der Waals surface area contributed by atoms with E-state index in [0.29, 0.717) is 0 Å². The van der Waals surface area contributed by atoms with Crippen LogP contribution in [0, 0.1) is 3.95 Å². The van der Waals surface area contributed by atoms with E-state index < -0.39 is 0 Å². The maximum absolute atomic E-state index is 4.71. The average Bonchev–Trinajstić information content (AvgIpc) is 1.86. The minimum absolute atomic E-state index is 0. The summed E-state index contributed by atoms with van der Waals surface area (Å²) in [5.41, 5.74) is 0. The van der Waals surface area contributed by atoms with Crippen molar-refractivity contribution in [3.63, 3.8) is 0 Å². The maximum Gasteiger partial charge on any atom is 1.00 e. The van der Waals surface area contributed by atoms with Crippen LogP contribution in [-0.2, 0) is 0 Å². The summed E-state index contributed by atoms with van der Waals surface area (Å²) < 4.78 is 0.843. The van der Waals surface area contributed by atoms with Gasteiger partial charge in [0.25, 0.3) is 0 Å². The van der Waals surface area contributed by atoms with Crippen LogP contribution in [0.2, 0.25) is 0 Å². The van der Waals surface area contributed by atoms with Crippen LogP contribution >= 0.6 is 23.6 Å². The number of aromatic nitrogens is 1. The molecular formula is C3H4KNS2. The summed E-state index contributed by atoms with van der Waals surface area (Å²) in [6, 6.07) is 0. The molecule has 0 saturated carbocycles. The molecule has 0 atom stereocenters. The third-order valence-electron chi connectivity index (χ3n) is 0.444. The fourth-order valence-corrected chi connectivity index (χ4v) is 0.862. The molecule has 7 heavy (non-hydrogen) atoms. The molecule has 34 valence electrons. The second kappa shape index (κ2) is 4.37. The molecule has 1 aromatic heterocycles. The van der Waals surface area contributed by atoms with Gasteiger partial charge < -0.3 is 6.41 Å². The fourth-order valence-electron chi connectivity index (χ4n) is 0.232. The van der Waals surface area contributed by atoms with Crippen LogP contribution in [0.1, 0.15) is 1.43 Å².